The second kappa shape index (κ2) is 3.70. The van der Waals surface area contributed by atoms with Crippen LogP contribution in [0.2, 0.25) is 0 Å². The fraction of sp³-hybridized carbons (Fsp3) is 0.364. The van der Waals surface area contributed by atoms with Crippen LogP contribution in [0.15, 0.2) is 6.58 Å². The summed E-state index contributed by atoms with van der Waals surface area (Å²) < 4.78 is 0. The average molecular weight is 192 g/mol. The molecule has 0 aromatic carbocycles. The highest BCUT2D eigenvalue weighted by atomic mass is 16.1. The molecule has 0 saturated heterocycles. The van der Waals surface area contributed by atoms with Gasteiger partial charge in [0, 0.05) is 18.3 Å². The van der Waals surface area contributed by atoms with E-state index in [1.54, 1.807) is 6.92 Å². The van der Waals surface area contributed by atoms with Crippen molar-refractivity contribution < 1.29 is 4.79 Å². The van der Waals surface area contributed by atoms with Crippen molar-refractivity contribution in [3.63, 3.8) is 0 Å². The molecule has 0 aliphatic heterocycles. The normalized spacial score (nSPS) is 10.0. The Hall–Kier alpha value is -1.51. The molecule has 0 radical (unpaired) electrons. The van der Waals surface area contributed by atoms with E-state index in [0.717, 1.165) is 28.2 Å². The maximum absolute atomic E-state index is 11.3. The molecule has 1 rings (SSSR count). The van der Waals surface area contributed by atoms with Crippen LogP contribution in [0.3, 0.4) is 0 Å². The van der Waals surface area contributed by atoms with Crippen molar-refractivity contribution in [2.24, 2.45) is 0 Å². The van der Waals surface area contributed by atoms with Gasteiger partial charge in [0.25, 0.3) is 0 Å². The molecule has 0 spiro atoms. The number of hydrogen-bond donors (Lipinski definition) is 2. The van der Waals surface area contributed by atoms with E-state index in [1.807, 2.05) is 20.9 Å². The SMILES string of the molecule is C=C(NC)c1[nH]c(C)c(C(C)=O)c1C. The van der Waals surface area contributed by atoms with E-state index in [-0.39, 0.29) is 5.78 Å². The highest BCUT2D eigenvalue weighted by molar-refractivity contribution is 5.98. The van der Waals surface area contributed by atoms with Gasteiger partial charge < -0.3 is 10.3 Å². The first-order valence-electron chi connectivity index (χ1n) is 4.56. The Morgan fingerprint density at radius 3 is 2.36 bits per heavy atom. The Balaban J connectivity index is 3.30. The molecule has 3 heteroatoms. The van der Waals surface area contributed by atoms with Gasteiger partial charge in [0.15, 0.2) is 5.78 Å². The molecule has 1 aromatic heterocycles. The Morgan fingerprint density at radius 2 is 2.00 bits per heavy atom. The largest absolute Gasteiger partial charge is 0.387 e. The summed E-state index contributed by atoms with van der Waals surface area (Å²) in [6.45, 7) is 9.27. The standard InChI is InChI=1S/C11H16N2O/c1-6-10(9(4)14)7(2)13-11(6)8(3)12-5/h12-13H,3H2,1-2,4-5H3. The smallest absolute Gasteiger partial charge is 0.161 e. The third kappa shape index (κ3) is 1.58. The van der Waals surface area contributed by atoms with Crippen molar-refractivity contribution in [3.05, 3.63) is 29.1 Å². The van der Waals surface area contributed by atoms with Crippen molar-refractivity contribution in [3.8, 4) is 0 Å². The highest BCUT2D eigenvalue weighted by Gasteiger charge is 2.15. The second-order valence-electron chi connectivity index (χ2n) is 3.41. The van der Waals surface area contributed by atoms with E-state index in [4.69, 9.17) is 0 Å². The van der Waals surface area contributed by atoms with Crippen LogP contribution >= 0.6 is 0 Å². The van der Waals surface area contributed by atoms with Gasteiger partial charge >= 0.3 is 0 Å². The van der Waals surface area contributed by atoms with Crippen molar-refractivity contribution >= 4 is 11.5 Å². The molecular weight excluding hydrogens is 176 g/mol. The first-order chi connectivity index (χ1) is 6.49. The predicted octanol–water partition coefficient (Wildman–Crippen LogP) is 2.02. The zero-order valence-electron chi connectivity index (χ0n) is 9.12. The van der Waals surface area contributed by atoms with Gasteiger partial charge in [0.05, 0.1) is 11.4 Å². The number of rotatable bonds is 3. The van der Waals surface area contributed by atoms with Gasteiger partial charge in [-0.15, -0.1) is 0 Å². The number of H-pyrrole nitrogens is 1. The monoisotopic (exact) mass is 192 g/mol. The van der Waals surface area contributed by atoms with Gasteiger partial charge in [-0.2, -0.15) is 0 Å². The van der Waals surface area contributed by atoms with Crippen LogP contribution in [0.5, 0.6) is 0 Å². The maximum Gasteiger partial charge on any atom is 0.161 e. The fourth-order valence-electron chi connectivity index (χ4n) is 1.70. The molecule has 0 fully saturated rings. The minimum atomic E-state index is 0.0893. The third-order valence-electron chi connectivity index (χ3n) is 2.39. The summed E-state index contributed by atoms with van der Waals surface area (Å²) in [5.41, 5.74) is 4.36. The molecule has 0 aliphatic carbocycles. The van der Waals surface area contributed by atoms with E-state index >= 15 is 0 Å². The molecule has 0 atom stereocenters. The van der Waals surface area contributed by atoms with Crippen LogP contribution in [0.1, 0.15) is 34.2 Å². The Morgan fingerprint density at radius 1 is 1.43 bits per heavy atom. The predicted molar refractivity (Wildman–Crippen MR) is 58.4 cm³/mol. The summed E-state index contributed by atoms with van der Waals surface area (Å²) in [5, 5.41) is 2.96. The number of carbonyl (C=O) groups is 1. The van der Waals surface area contributed by atoms with Crippen LogP contribution in [0, 0.1) is 13.8 Å². The van der Waals surface area contributed by atoms with E-state index in [9.17, 15) is 4.79 Å². The van der Waals surface area contributed by atoms with Gasteiger partial charge in [-0.25, -0.2) is 0 Å². The van der Waals surface area contributed by atoms with Gasteiger partial charge in [0.1, 0.15) is 0 Å². The lowest BCUT2D eigenvalue weighted by molar-refractivity contribution is 0.101. The molecule has 3 nitrogen and oxygen atoms in total. The molecule has 2 N–H and O–H groups in total. The lowest BCUT2D eigenvalue weighted by Gasteiger charge is -2.03. The summed E-state index contributed by atoms with van der Waals surface area (Å²) in [7, 11) is 1.81. The van der Waals surface area contributed by atoms with Crippen LogP contribution in [-0.2, 0) is 0 Å². The highest BCUT2D eigenvalue weighted by Crippen LogP contribution is 2.21. The van der Waals surface area contributed by atoms with E-state index in [0.29, 0.717) is 0 Å². The summed E-state index contributed by atoms with van der Waals surface area (Å²) in [6.07, 6.45) is 0. The van der Waals surface area contributed by atoms with Gasteiger partial charge in [-0.1, -0.05) is 6.58 Å². The first-order valence-corrected chi connectivity index (χ1v) is 4.56. The van der Waals surface area contributed by atoms with E-state index < -0.39 is 0 Å². The van der Waals surface area contributed by atoms with E-state index in [1.165, 1.54) is 0 Å². The minimum absolute atomic E-state index is 0.0893. The second-order valence-corrected chi connectivity index (χ2v) is 3.41. The fourth-order valence-corrected chi connectivity index (χ4v) is 1.70. The van der Waals surface area contributed by atoms with Crippen molar-refractivity contribution in [1.29, 1.82) is 0 Å². The molecular formula is C11H16N2O. The van der Waals surface area contributed by atoms with Crippen molar-refractivity contribution in [2.45, 2.75) is 20.8 Å². The van der Waals surface area contributed by atoms with Crippen LogP contribution in [-0.4, -0.2) is 17.8 Å². The topological polar surface area (TPSA) is 44.9 Å². The molecule has 1 heterocycles. The molecule has 0 saturated carbocycles. The molecule has 76 valence electrons. The van der Waals surface area contributed by atoms with Crippen LogP contribution < -0.4 is 5.32 Å². The lowest BCUT2D eigenvalue weighted by atomic mass is 10.1. The zero-order valence-corrected chi connectivity index (χ0v) is 9.12. The van der Waals surface area contributed by atoms with Crippen LogP contribution in [0.25, 0.3) is 5.70 Å². The number of hydrogen-bond acceptors (Lipinski definition) is 2. The lowest BCUT2D eigenvalue weighted by Crippen LogP contribution is -2.04. The third-order valence-corrected chi connectivity index (χ3v) is 2.39. The first kappa shape index (κ1) is 10.6. The van der Waals surface area contributed by atoms with Crippen molar-refractivity contribution in [2.75, 3.05) is 7.05 Å². The average Bonchev–Trinajstić information content (AvgIpc) is 2.40. The number of Topliss-reactive ketones (excluding diaryl/α,β-unsaturated/α-hetero) is 1. The summed E-state index contributed by atoms with van der Waals surface area (Å²) in [4.78, 5) is 14.5. The Kier molecular flexibility index (Phi) is 2.79. The van der Waals surface area contributed by atoms with Crippen LogP contribution in [0.4, 0.5) is 0 Å². The molecule has 0 amide bonds. The van der Waals surface area contributed by atoms with Gasteiger partial charge in [-0.3, -0.25) is 4.79 Å². The molecule has 0 unspecified atom stereocenters. The van der Waals surface area contributed by atoms with E-state index in [2.05, 4.69) is 16.9 Å². The molecule has 1 aromatic rings. The maximum atomic E-state index is 11.3. The molecule has 0 bridgehead atoms. The zero-order chi connectivity index (χ0) is 10.9. The number of carbonyl (C=O) groups excluding carboxylic acids is 1. The quantitative estimate of drug-likeness (QED) is 0.720. The Labute approximate surface area is 84.2 Å². The summed E-state index contributed by atoms with van der Waals surface area (Å²) in [6, 6.07) is 0. The van der Waals surface area contributed by atoms with Gasteiger partial charge in [-0.05, 0) is 26.3 Å². The Bertz CT molecular complexity index is 388. The summed E-state index contributed by atoms with van der Waals surface area (Å²) in [5.74, 6) is 0.0893. The number of nitrogens with one attached hydrogen (secondary N) is 2. The molecule has 0 aliphatic rings. The summed E-state index contributed by atoms with van der Waals surface area (Å²) >= 11 is 0. The van der Waals surface area contributed by atoms with Gasteiger partial charge in [0.2, 0.25) is 0 Å². The number of ketones is 1. The number of aryl methyl sites for hydroxylation is 1. The molecule has 14 heavy (non-hydrogen) atoms. The number of aromatic amines is 1. The van der Waals surface area contributed by atoms with Crippen molar-refractivity contribution in [1.82, 2.24) is 10.3 Å². The minimum Gasteiger partial charge on any atom is -0.387 e. The number of aromatic nitrogens is 1.